The summed E-state index contributed by atoms with van der Waals surface area (Å²) in [7, 11) is 0. The molecule has 1 heterocycles. The summed E-state index contributed by atoms with van der Waals surface area (Å²) in [5.74, 6) is 0.449. The second-order valence-corrected chi connectivity index (χ2v) is 5.97. The van der Waals surface area contributed by atoms with Gasteiger partial charge in [-0.25, -0.2) is 4.39 Å². The fourth-order valence-corrected chi connectivity index (χ4v) is 2.80. The lowest BCUT2D eigenvalue weighted by Gasteiger charge is -2.27. The molecule has 0 saturated carbocycles. The van der Waals surface area contributed by atoms with Gasteiger partial charge in [0.2, 0.25) is 0 Å². The maximum atomic E-state index is 13.5. The molecular weight excluding hydrogens is 345 g/mol. The molecule has 0 bridgehead atoms. The lowest BCUT2D eigenvalue weighted by molar-refractivity contribution is 0.274. The number of rotatable bonds is 2. The Bertz CT molecular complexity index is 650. The highest BCUT2D eigenvalue weighted by Crippen LogP contribution is 2.36. The fraction of sp³-hybridized carbons (Fsp3) is 0.200. The molecule has 20 heavy (non-hydrogen) atoms. The first-order valence-corrected chi connectivity index (χ1v) is 7.44. The van der Waals surface area contributed by atoms with Crippen LogP contribution in [0.25, 0.3) is 0 Å². The largest absolute Gasteiger partial charge is 0.493 e. The van der Waals surface area contributed by atoms with E-state index in [0.717, 1.165) is 22.2 Å². The van der Waals surface area contributed by atoms with E-state index in [1.165, 1.54) is 6.07 Å². The zero-order valence-corrected chi connectivity index (χ0v) is 12.8. The first kappa shape index (κ1) is 13.7. The van der Waals surface area contributed by atoms with Crippen molar-refractivity contribution in [2.45, 2.75) is 12.5 Å². The summed E-state index contributed by atoms with van der Waals surface area (Å²) in [5, 5.41) is 3.46. The third-order valence-corrected chi connectivity index (χ3v) is 4.07. The van der Waals surface area contributed by atoms with E-state index < -0.39 is 5.82 Å². The van der Waals surface area contributed by atoms with Crippen LogP contribution in [0.15, 0.2) is 40.9 Å². The van der Waals surface area contributed by atoms with E-state index in [4.69, 9.17) is 16.3 Å². The standard InChI is InChI=1S/C15H12BrClFNO/c16-9-1-4-15-11(7-9)14(5-6-20-15)19-10-2-3-12(17)13(18)8-10/h1-4,7-8,14,19H,5-6H2. The molecule has 0 aliphatic carbocycles. The van der Waals surface area contributed by atoms with E-state index >= 15 is 0 Å². The second-order valence-electron chi connectivity index (χ2n) is 4.65. The van der Waals surface area contributed by atoms with Crippen LogP contribution in [0.1, 0.15) is 18.0 Å². The molecule has 2 nitrogen and oxygen atoms in total. The van der Waals surface area contributed by atoms with E-state index in [9.17, 15) is 4.39 Å². The van der Waals surface area contributed by atoms with E-state index in [0.29, 0.717) is 12.3 Å². The Morgan fingerprint density at radius 2 is 2.10 bits per heavy atom. The number of anilines is 1. The van der Waals surface area contributed by atoms with Crippen LogP contribution in [0.4, 0.5) is 10.1 Å². The first-order chi connectivity index (χ1) is 9.63. The van der Waals surface area contributed by atoms with Crippen LogP contribution in [0, 0.1) is 5.82 Å². The van der Waals surface area contributed by atoms with Crippen molar-refractivity contribution in [3.05, 3.63) is 57.3 Å². The molecule has 0 fully saturated rings. The zero-order chi connectivity index (χ0) is 14.1. The Kier molecular flexibility index (Phi) is 3.85. The fourth-order valence-electron chi connectivity index (χ4n) is 2.30. The van der Waals surface area contributed by atoms with Gasteiger partial charge in [-0.1, -0.05) is 27.5 Å². The molecule has 0 aromatic heterocycles. The summed E-state index contributed by atoms with van der Waals surface area (Å²) in [5.41, 5.74) is 1.78. The lowest BCUT2D eigenvalue weighted by Crippen LogP contribution is -2.20. The average molecular weight is 357 g/mol. The molecule has 1 aliphatic rings. The third-order valence-electron chi connectivity index (χ3n) is 3.27. The Morgan fingerprint density at radius 3 is 2.90 bits per heavy atom. The van der Waals surface area contributed by atoms with Gasteiger partial charge >= 0.3 is 0 Å². The molecule has 0 saturated heterocycles. The molecule has 2 aromatic rings. The van der Waals surface area contributed by atoms with Gasteiger partial charge in [0.15, 0.2) is 0 Å². The molecule has 0 spiro atoms. The Labute approximate surface area is 130 Å². The quantitative estimate of drug-likeness (QED) is 0.801. The van der Waals surface area contributed by atoms with Gasteiger partial charge in [0.25, 0.3) is 0 Å². The van der Waals surface area contributed by atoms with Crippen molar-refractivity contribution in [3.8, 4) is 5.75 Å². The van der Waals surface area contributed by atoms with Gasteiger partial charge in [0, 0.05) is 22.1 Å². The van der Waals surface area contributed by atoms with Crippen LogP contribution < -0.4 is 10.1 Å². The summed E-state index contributed by atoms with van der Waals surface area (Å²) >= 11 is 9.16. The molecule has 1 aliphatic heterocycles. The zero-order valence-electron chi connectivity index (χ0n) is 10.5. The Balaban J connectivity index is 1.89. The summed E-state index contributed by atoms with van der Waals surface area (Å²) < 4.78 is 20.1. The van der Waals surface area contributed by atoms with E-state index in [1.54, 1.807) is 12.1 Å². The van der Waals surface area contributed by atoms with Gasteiger partial charge in [-0.2, -0.15) is 0 Å². The molecule has 5 heteroatoms. The number of halogens is 3. The maximum absolute atomic E-state index is 13.5. The van der Waals surface area contributed by atoms with Crippen molar-refractivity contribution >= 4 is 33.2 Å². The summed E-state index contributed by atoms with van der Waals surface area (Å²) in [6.45, 7) is 0.641. The first-order valence-electron chi connectivity index (χ1n) is 6.27. The minimum Gasteiger partial charge on any atom is -0.493 e. The van der Waals surface area contributed by atoms with Crippen molar-refractivity contribution in [1.82, 2.24) is 0 Å². The van der Waals surface area contributed by atoms with Crippen molar-refractivity contribution in [1.29, 1.82) is 0 Å². The van der Waals surface area contributed by atoms with Gasteiger partial charge < -0.3 is 10.1 Å². The topological polar surface area (TPSA) is 21.3 Å². The van der Waals surface area contributed by atoms with E-state index in [1.807, 2.05) is 18.2 Å². The molecule has 3 rings (SSSR count). The van der Waals surface area contributed by atoms with Gasteiger partial charge in [-0.05, 0) is 36.4 Å². The number of benzene rings is 2. The van der Waals surface area contributed by atoms with Crippen LogP contribution in [-0.4, -0.2) is 6.61 Å². The summed E-state index contributed by atoms with van der Waals surface area (Å²) in [6, 6.07) is 10.8. The van der Waals surface area contributed by atoms with E-state index in [2.05, 4.69) is 21.2 Å². The Morgan fingerprint density at radius 1 is 1.25 bits per heavy atom. The average Bonchev–Trinajstić information content (AvgIpc) is 2.44. The minimum absolute atomic E-state index is 0.0943. The van der Waals surface area contributed by atoms with Gasteiger partial charge in [0.1, 0.15) is 11.6 Å². The van der Waals surface area contributed by atoms with Crippen LogP contribution in [0.3, 0.4) is 0 Å². The normalized spacial score (nSPS) is 17.2. The number of nitrogens with one attached hydrogen (secondary N) is 1. The van der Waals surface area contributed by atoms with Gasteiger partial charge in [-0.15, -0.1) is 0 Å². The summed E-state index contributed by atoms with van der Waals surface area (Å²) in [6.07, 6.45) is 0.827. The number of ether oxygens (including phenoxy) is 1. The predicted molar refractivity (Wildman–Crippen MR) is 82.0 cm³/mol. The number of hydrogen-bond donors (Lipinski definition) is 1. The van der Waals surface area contributed by atoms with Crippen LogP contribution >= 0.6 is 27.5 Å². The number of fused-ring (bicyclic) bond motifs is 1. The second kappa shape index (κ2) is 5.62. The SMILES string of the molecule is Fc1cc(NC2CCOc3ccc(Br)cc32)ccc1Cl. The van der Waals surface area contributed by atoms with Crippen molar-refractivity contribution in [2.75, 3.05) is 11.9 Å². The summed E-state index contributed by atoms with van der Waals surface area (Å²) in [4.78, 5) is 0. The minimum atomic E-state index is -0.418. The molecule has 2 aromatic carbocycles. The molecule has 1 unspecified atom stereocenters. The van der Waals surface area contributed by atoms with Gasteiger partial charge in [-0.3, -0.25) is 0 Å². The van der Waals surface area contributed by atoms with Crippen molar-refractivity contribution < 1.29 is 9.13 Å². The van der Waals surface area contributed by atoms with Crippen LogP contribution in [0.5, 0.6) is 5.75 Å². The molecule has 0 amide bonds. The maximum Gasteiger partial charge on any atom is 0.143 e. The van der Waals surface area contributed by atoms with Crippen LogP contribution in [-0.2, 0) is 0 Å². The molecular formula is C15H12BrClFNO. The van der Waals surface area contributed by atoms with Gasteiger partial charge in [0.05, 0.1) is 17.7 Å². The molecule has 1 atom stereocenters. The highest BCUT2D eigenvalue weighted by atomic mass is 79.9. The molecule has 1 N–H and O–H groups in total. The molecule has 104 valence electrons. The Hall–Kier alpha value is -1.26. The predicted octanol–water partition coefficient (Wildman–Crippen LogP) is 5.18. The lowest BCUT2D eigenvalue weighted by atomic mass is 10.0. The monoisotopic (exact) mass is 355 g/mol. The highest BCUT2D eigenvalue weighted by Gasteiger charge is 2.21. The van der Waals surface area contributed by atoms with E-state index in [-0.39, 0.29) is 11.1 Å². The highest BCUT2D eigenvalue weighted by molar-refractivity contribution is 9.10. The van der Waals surface area contributed by atoms with Crippen LogP contribution in [0.2, 0.25) is 5.02 Å². The van der Waals surface area contributed by atoms with Crippen molar-refractivity contribution in [2.24, 2.45) is 0 Å². The molecule has 0 radical (unpaired) electrons. The smallest absolute Gasteiger partial charge is 0.143 e. The third kappa shape index (κ3) is 2.76. The van der Waals surface area contributed by atoms with Crippen molar-refractivity contribution in [3.63, 3.8) is 0 Å². The number of hydrogen-bond acceptors (Lipinski definition) is 2.